The molecule has 1 saturated heterocycles. The summed E-state index contributed by atoms with van der Waals surface area (Å²) in [6, 6.07) is 14.4. The highest BCUT2D eigenvalue weighted by molar-refractivity contribution is 5.49. The molecule has 0 N–H and O–H groups in total. The number of nitro groups is 1. The number of aromatic nitrogens is 2. The van der Waals surface area contributed by atoms with Crippen LogP contribution in [0.1, 0.15) is 19.8 Å². The summed E-state index contributed by atoms with van der Waals surface area (Å²) in [7, 11) is 0. The molecule has 35 heavy (non-hydrogen) atoms. The highest BCUT2D eigenvalue weighted by atomic mass is 19.1. The molecule has 5 rings (SSSR count). The lowest BCUT2D eigenvalue weighted by Gasteiger charge is -2.34. The van der Waals surface area contributed by atoms with Gasteiger partial charge in [-0.2, -0.15) is 0 Å². The topological polar surface area (TPSA) is 91.9 Å². The van der Waals surface area contributed by atoms with E-state index in [0.29, 0.717) is 25.5 Å². The quantitative estimate of drug-likeness (QED) is 0.363. The SMILES string of the molecule is C[C@@]1(COc2ccc(N3CCC(Oc4ccc(F)cc4)CC3)cc2)COc2nc([N+](=O)[O-])cn2C1. The van der Waals surface area contributed by atoms with Gasteiger partial charge in [0, 0.05) is 43.1 Å². The minimum Gasteiger partial charge on any atom is -0.493 e. The first-order chi connectivity index (χ1) is 16.9. The molecule has 1 aromatic heterocycles. The van der Waals surface area contributed by atoms with Crippen molar-refractivity contribution in [2.24, 2.45) is 5.41 Å². The zero-order chi connectivity index (χ0) is 24.4. The molecule has 3 heterocycles. The fourth-order valence-corrected chi connectivity index (χ4v) is 4.43. The fourth-order valence-electron chi connectivity index (χ4n) is 4.43. The minimum atomic E-state index is -0.523. The average molecular weight is 483 g/mol. The van der Waals surface area contributed by atoms with E-state index in [2.05, 4.69) is 9.88 Å². The lowest BCUT2D eigenvalue weighted by atomic mass is 9.92. The van der Waals surface area contributed by atoms with Crippen molar-refractivity contribution >= 4 is 11.5 Å². The fraction of sp³-hybridized carbons (Fsp3) is 0.400. The van der Waals surface area contributed by atoms with Gasteiger partial charge in [0.1, 0.15) is 36.2 Å². The molecule has 184 valence electrons. The molecule has 2 aromatic carbocycles. The van der Waals surface area contributed by atoms with Gasteiger partial charge in [0.2, 0.25) is 0 Å². The summed E-state index contributed by atoms with van der Waals surface area (Å²) in [6.07, 6.45) is 3.30. The van der Waals surface area contributed by atoms with Gasteiger partial charge in [-0.05, 0) is 53.5 Å². The van der Waals surface area contributed by atoms with Crippen LogP contribution in [0.3, 0.4) is 0 Å². The van der Waals surface area contributed by atoms with Gasteiger partial charge in [-0.1, -0.05) is 6.92 Å². The molecule has 0 saturated carbocycles. The van der Waals surface area contributed by atoms with Crippen molar-refractivity contribution in [1.29, 1.82) is 0 Å². The molecule has 0 spiro atoms. The Bertz CT molecular complexity index is 1180. The maximum atomic E-state index is 13.1. The molecule has 0 unspecified atom stereocenters. The molecular formula is C25H27FN4O5. The van der Waals surface area contributed by atoms with Crippen LogP contribution in [0.5, 0.6) is 17.5 Å². The number of piperidine rings is 1. The number of ether oxygens (including phenoxy) is 3. The van der Waals surface area contributed by atoms with Gasteiger partial charge in [0.15, 0.2) is 0 Å². The standard InChI is InChI=1S/C25H27FN4O5/c1-25(15-29-14-23(30(31)32)27-24(29)34-17-25)16-33-20-8-4-19(5-9-20)28-12-10-22(11-13-28)35-21-6-2-18(26)3-7-21/h2-9,14,22H,10-13,15-17H2,1H3/t25-/m1/s1. The van der Waals surface area contributed by atoms with E-state index in [1.54, 1.807) is 16.7 Å². The summed E-state index contributed by atoms with van der Waals surface area (Å²) in [5.74, 6) is 0.976. The number of hydrogen-bond acceptors (Lipinski definition) is 7. The molecule has 10 heteroatoms. The van der Waals surface area contributed by atoms with Crippen LogP contribution >= 0.6 is 0 Å². The summed E-state index contributed by atoms with van der Waals surface area (Å²) < 4.78 is 32.4. The van der Waals surface area contributed by atoms with Gasteiger partial charge in [-0.25, -0.2) is 4.39 Å². The predicted octanol–water partition coefficient (Wildman–Crippen LogP) is 4.46. The number of imidazole rings is 1. The first-order valence-electron chi connectivity index (χ1n) is 11.6. The summed E-state index contributed by atoms with van der Waals surface area (Å²) in [6.45, 7) is 5.07. The Hall–Kier alpha value is -3.82. The number of halogens is 1. The van der Waals surface area contributed by atoms with Gasteiger partial charge in [0.05, 0.1) is 12.0 Å². The zero-order valence-electron chi connectivity index (χ0n) is 19.4. The van der Waals surface area contributed by atoms with Gasteiger partial charge < -0.3 is 29.2 Å². The third kappa shape index (κ3) is 5.31. The number of fused-ring (bicyclic) bond motifs is 1. The Morgan fingerprint density at radius 1 is 1.14 bits per heavy atom. The van der Waals surface area contributed by atoms with Gasteiger partial charge in [-0.15, -0.1) is 0 Å². The van der Waals surface area contributed by atoms with Crippen molar-refractivity contribution in [1.82, 2.24) is 9.55 Å². The molecular weight excluding hydrogens is 455 g/mol. The molecule has 1 fully saturated rings. The molecule has 0 aliphatic carbocycles. The first kappa shape index (κ1) is 22.9. The van der Waals surface area contributed by atoms with Crippen molar-refractivity contribution in [3.05, 3.63) is 70.7 Å². The van der Waals surface area contributed by atoms with Crippen molar-refractivity contribution in [2.75, 3.05) is 31.2 Å². The maximum Gasteiger partial charge on any atom is 0.414 e. The third-order valence-corrected chi connectivity index (χ3v) is 6.36. The second kappa shape index (κ2) is 9.44. The Labute approximate surface area is 202 Å². The zero-order valence-corrected chi connectivity index (χ0v) is 19.4. The van der Waals surface area contributed by atoms with E-state index in [4.69, 9.17) is 14.2 Å². The maximum absolute atomic E-state index is 13.1. The largest absolute Gasteiger partial charge is 0.493 e. The lowest BCUT2D eigenvalue weighted by molar-refractivity contribution is -0.389. The lowest BCUT2D eigenvalue weighted by Crippen LogP contribution is -2.40. The monoisotopic (exact) mass is 482 g/mol. The van der Waals surface area contributed by atoms with Crippen molar-refractivity contribution in [2.45, 2.75) is 32.4 Å². The van der Waals surface area contributed by atoms with Crippen LogP contribution < -0.4 is 19.1 Å². The Kier molecular flexibility index (Phi) is 6.19. The van der Waals surface area contributed by atoms with Gasteiger partial charge in [0.25, 0.3) is 0 Å². The molecule has 2 aliphatic rings. The second-order valence-corrected chi connectivity index (χ2v) is 9.41. The van der Waals surface area contributed by atoms with E-state index in [9.17, 15) is 14.5 Å². The first-order valence-corrected chi connectivity index (χ1v) is 11.6. The van der Waals surface area contributed by atoms with Gasteiger partial charge >= 0.3 is 11.8 Å². The van der Waals surface area contributed by atoms with E-state index in [-0.39, 0.29) is 29.2 Å². The van der Waals surface area contributed by atoms with Crippen LogP contribution in [0.15, 0.2) is 54.7 Å². The van der Waals surface area contributed by atoms with E-state index >= 15 is 0 Å². The van der Waals surface area contributed by atoms with Crippen molar-refractivity contribution < 1.29 is 23.5 Å². The van der Waals surface area contributed by atoms with Crippen LogP contribution in [-0.4, -0.2) is 46.9 Å². The molecule has 0 radical (unpaired) electrons. The number of rotatable bonds is 7. The molecule has 1 atom stereocenters. The average Bonchev–Trinajstić information content (AvgIpc) is 3.28. The summed E-state index contributed by atoms with van der Waals surface area (Å²) in [5, 5.41) is 11.0. The Morgan fingerprint density at radius 2 is 1.83 bits per heavy atom. The van der Waals surface area contributed by atoms with Crippen molar-refractivity contribution in [3.8, 4) is 17.5 Å². The van der Waals surface area contributed by atoms with Crippen LogP contribution in [0.4, 0.5) is 15.9 Å². The summed E-state index contributed by atoms with van der Waals surface area (Å²) in [4.78, 5) is 16.6. The Morgan fingerprint density at radius 3 is 2.51 bits per heavy atom. The summed E-state index contributed by atoms with van der Waals surface area (Å²) in [5.41, 5.74) is 0.785. The van der Waals surface area contributed by atoms with E-state index < -0.39 is 4.92 Å². The Balaban J connectivity index is 1.11. The number of nitrogens with zero attached hydrogens (tertiary/aromatic N) is 4. The number of anilines is 1. The molecule has 3 aromatic rings. The van der Waals surface area contributed by atoms with E-state index in [1.165, 1.54) is 18.3 Å². The number of benzene rings is 2. The van der Waals surface area contributed by atoms with Crippen LogP contribution in [0.2, 0.25) is 0 Å². The van der Waals surface area contributed by atoms with Crippen LogP contribution in [0.25, 0.3) is 0 Å². The normalized spacial score (nSPS) is 20.1. The predicted molar refractivity (Wildman–Crippen MR) is 127 cm³/mol. The molecule has 0 bridgehead atoms. The molecule has 0 amide bonds. The molecule has 9 nitrogen and oxygen atoms in total. The van der Waals surface area contributed by atoms with Crippen LogP contribution in [0, 0.1) is 21.3 Å². The molecule has 2 aliphatic heterocycles. The van der Waals surface area contributed by atoms with E-state index in [0.717, 1.165) is 37.4 Å². The number of hydrogen-bond donors (Lipinski definition) is 0. The van der Waals surface area contributed by atoms with Crippen molar-refractivity contribution in [3.63, 3.8) is 0 Å². The highest BCUT2D eigenvalue weighted by Crippen LogP contribution is 2.32. The van der Waals surface area contributed by atoms with E-state index in [1.807, 2.05) is 31.2 Å². The summed E-state index contributed by atoms with van der Waals surface area (Å²) >= 11 is 0. The second-order valence-electron chi connectivity index (χ2n) is 9.41. The van der Waals surface area contributed by atoms with Crippen LogP contribution in [-0.2, 0) is 6.54 Å². The highest BCUT2D eigenvalue weighted by Gasteiger charge is 2.36. The minimum absolute atomic E-state index is 0.121. The smallest absolute Gasteiger partial charge is 0.414 e. The van der Waals surface area contributed by atoms with Gasteiger partial charge in [-0.3, -0.25) is 4.57 Å². The third-order valence-electron chi connectivity index (χ3n) is 6.36.